The maximum atomic E-state index is 13.3. The highest BCUT2D eigenvalue weighted by Gasteiger charge is 2.55. The quantitative estimate of drug-likeness (QED) is 0.813. The fraction of sp³-hybridized carbons (Fsp3) is 0.529. The van der Waals surface area contributed by atoms with Crippen LogP contribution < -0.4 is 5.32 Å². The predicted octanol–water partition coefficient (Wildman–Crippen LogP) is 1.26. The highest BCUT2D eigenvalue weighted by Crippen LogP contribution is 2.30. The van der Waals surface area contributed by atoms with Gasteiger partial charge >= 0.3 is 6.03 Å². The highest BCUT2D eigenvalue weighted by molar-refractivity contribution is 6.07. The minimum absolute atomic E-state index is 0.191. The lowest BCUT2D eigenvalue weighted by atomic mass is 9.98. The second-order valence-corrected chi connectivity index (χ2v) is 6.84. The van der Waals surface area contributed by atoms with Crippen molar-refractivity contribution in [1.82, 2.24) is 15.1 Å². The number of carbonyl (C=O) groups excluding carboxylic acids is 2. The third kappa shape index (κ3) is 2.89. The molecule has 2 aliphatic rings. The largest absolute Gasteiger partial charge is 0.387 e. The predicted molar refractivity (Wildman–Crippen MR) is 85.7 cm³/mol. The topological polar surface area (TPSA) is 72.9 Å². The number of aliphatic hydroxyl groups is 1. The van der Waals surface area contributed by atoms with Crippen molar-refractivity contribution in [2.24, 2.45) is 0 Å². The Morgan fingerprint density at radius 3 is 2.75 bits per heavy atom. The summed E-state index contributed by atoms with van der Waals surface area (Å²) in [5.74, 6) is -0.597. The van der Waals surface area contributed by atoms with Crippen LogP contribution >= 0.6 is 0 Å². The van der Waals surface area contributed by atoms with Gasteiger partial charge in [-0.1, -0.05) is 12.1 Å². The number of β-amino-alcohol motifs (C(OH)–C–C–N with tert-alkyl or cyclic N) is 1. The van der Waals surface area contributed by atoms with Crippen LogP contribution in [0.1, 0.15) is 31.9 Å². The molecule has 2 heterocycles. The van der Waals surface area contributed by atoms with Crippen LogP contribution in [-0.4, -0.2) is 58.1 Å². The molecule has 0 unspecified atom stereocenters. The van der Waals surface area contributed by atoms with E-state index in [2.05, 4.69) is 5.32 Å². The summed E-state index contributed by atoms with van der Waals surface area (Å²) in [5, 5.41) is 13.1. The van der Waals surface area contributed by atoms with E-state index in [1.807, 2.05) is 4.90 Å². The molecule has 0 aliphatic carbocycles. The van der Waals surface area contributed by atoms with Crippen LogP contribution in [0.15, 0.2) is 24.3 Å². The van der Waals surface area contributed by atoms with Crippen molar-refractivity contribution in [2.45, 2.75) is 38.0 Å². The number of imide groups is 1. The van der Waals surface area contributed by atoms with E-state index in [1.165, 1.54) is 17.0 Å². The zero-order valence-electron chi connectivity index (χ0n) is 13.8. The molecule has 2 aliphatic heterocycles. The number of benzene rings is 1. The number of amides is 3. The molecule has 0 aromatic heterocycles. The zero-order chi connectivity index (χ0) is 17.5. The van der Waals surface area contributed by atoms with Crippen molar-refractivity contribution in [1.29, 1.82) is 0 Å². The van der Waals surface area contributed by atoms with Crippen LogP contribution in [-0.2, 0) is 4.79 Å². The summed E-state index contributed by atoms with van der Waals surface area (Å²) in [4.78, 5) is 27.9. The standard InChI is InChI=1S/C17H22FN3O3/c1-11(2)21-15(23)17(19-16(21)24)6-7-20(10-17)9-14(22)12-4-3-5-13(18)8-12/h3-5,8,11,14,22H,6-7,9-10H2,1-2H3,(H,19,24)/t14-,17+/m0/s1. The normalized spacial score (nSPS) is 25.8. The Balaban J connectivity index is 1.68. The average molecular weight is 335 g/mol. The number of urea groups is 1. The Labute approximate surface area is 140 Å². The molecule has 2 saturated heterocycles. The first-order valence-electron chi connectivity index (χ1n) is 8.14. The highest BCUT2D eigenvalue weighted by atomic mass is 19.1. The Bertz CT molecular complexity index is 666. The van der Waals surface area contributed by atoms with Crippen molar-refractivity contribution >= 4 is 11.9 Å². The van der Waals surface area contributed by atoms with Crippen LogP contribution in [0.25, 0.3) is 0 Å². The molecule has 3 rings (SSSR count). The second kappa shape index (κ2) is 6.14. The zero-order valence-corrected chi connectivity index (χ0v) is 13.8. The number of rotatable bonds is 4. The van der Waals surface area contributed by atoms with E-state index in [0.717, 1.165) is 0 Å². The molecule has 1 spiro atoms. The van der Waals surface area contributed by atoms with Gasteiger partial charge in [0.1, 0.15) is 11.4 Å². The number of aliphatic hydroxyl groups excluding tert-OH is 1. The summed E-state index contributed by atoms with van der Waals surface area (Å²) >= 11 is 0. The third-order valence-electron chi connectivity index (χ3n) is 4.72. The van der Waals surface area contributed by atoms with Gasteiger partial charge in [-0.3, -0.25) is 14.6 Å². The number of nitrogens with zero attached hydrogens (tertiary/aromatic N) is 2. The van der Waals surface area contributed by atoms with Gasteiger partial charge in [-0.25, -0.2) is 9.18 Å². The number of hydrogen-bond donors (Lipinski definition) is 2. The molecule has 3 amide bonds. The van der Waals surface area contributed by atoms with Crippen molar-refractivity contribution in [3.63, 3.8) is 0 Å². The molecule has 24 heavy (non-hydrogen) atoms. The summed E-state index contributed by atoms with van der Waals surface area (Å²) in [6.45, 7) is 4.83. The molecule has 2 atom stereocenters. The van der Waals surface area contributed by atoms with Crippen molar-refractivity contribution in [3.8, 4) is 0 Å². The number of likely N-dealkylation sites (tertiary alicyclic amines) is 1. The number of nitrogens with one attached hydrogen (secondary N) is 1. The Kier molecular flexibility index (Phi) is 4.31. The second-order valence-electron chi connectivity index (χ2n) is 6.84. The molecule has 1 aromatic carbocycles. The monoisotopic (exact) mass is 335 g/mol. The molecule has 1 aromatic rings. The lowest BCUT2D eigenvalue weighted by Crippen LogP contribution is -2.50. The summed E-state index contributed by atoms with van der Waals surface area (Å²) in [5.41, 5.74) is -0.398. The molecule has 2 N–H and O–H groups in total. The molecule has 0 saturated carbocycles. The first kappa shape index (κ1) is 16.9. The summed E-state index contributed by atoms with van der Waals surface area (Å²) in [6, 6.07) is 5.31. The Morgan fingerprint density at radius 2 is 2.12 bits per heavy atom. The SMILES string of the molecule is CC(C)N1C(=O)N[C@@]2(CCN(C[C@H](O)c3cccc(F)c3)C2)C1=O. The van der Waals surface area contributed by atoms with Gasteiger partial charge < -0.3 is 10.4 Å². The van der Waals surface area contributed by atoms with Gasteiger partial charge in [-0.15, -0.1) is 0 Å². The van der Waals surface area contributed by atoms with E-state index < -0.39 is 17.5 Å². The van der Waals surface area contributed by atoms with Gasteiger partial charge in [0.25, 0.3) is 5.91 Å². The van der Waals surface area contributed by atoms with Crippen LogP contribution in [0, 0.1) is 5.82 Å². The van der Waals surface area contributed by atoms with Gasteiger partial charge in [-0.05, 0) is 38.0 Å². The van der Waals surface area contributed by atoms with Crippen LogP contribution in [0.2, 0.25) is 0 Å². The Hall–Kier alpha value is -1.99. The van der Waals surface area contributed by atoms with E-state index in [9.17, 15) is 19.1 Å². The molecule has 6 nitrogen and oxygen atoms in total. The van der Waals surface area contributed by atoms with Gasteiger partial charge in [0, 0.05) is 25.7 Å². The van der Waals surface area contributed by atoms with Crippen molar-refractivity contribution < 1.29 is 19.1 Å². The van der Waals surface area contributed by atoms with E-state index in [4.69, 9.17) is 0 Å². The Morgan fingerprint density at radius 1 is 1.38 bits per heavy atom. The summed E-state index contributed by atoms with van der Waals surface area (Å²) < 4.78 is 13.3. The number of halogens is 1. The molecular weight excluding hydrogens is 313 g/mol. The third-order valence-corrected chi connectivity index (χ3v) is 4.72. The van der Waals surface area contributed by atoms with E-state index in [0.29, 0.717) is 25.1 Å². The summed E-state index contributed by atoms with van der Waals surface area (Å²) in [6.07, 6.45) is -0.333. The van der Waals surface area contributed by atoms with Gasteiger partial charge in [0.05, 0.1) is 6.10 Å². The first-order valence-corrected chi connectivity index (χ1v) is 8.14. The molecular formula is C17H22FN3O3. The fourth-order valence-corrected chi connectivity index (χ4v) is 3.50. The fourth-order valence-electron chi connectivity index (χ4n) is 3.50. The van der Waals surface area contributed by atoms with E-state index in [-0.39, 0.29) is 24.5 Å². The maximum absolute atomic E-state index is 13.3. The lowest BCUT2D eigenvalue weighted by Gasteiger charge is -2.24. The molecule has 2 fully saturated rings. The van der Waals surface area contributed by atoms with Gasteiger partial charge in [0.2, 0.25) is 0 Å². The number of hydrogen-bond acceptors (Lipinski definition) is 4. The van der Waals surface area contributed by atoms with Crippen molar-refractivity contribution in [3.05, 3.63) is 35.6 Å². The molecule has 7 heteroatoms. The molecule has 130 valence electrons. The van der Waals surface area contributed by atoms with Gasteiger partial charge in [0.15, 0.2) is 0 Å². The smallest absolute Gasteiger partial charge is 0.325 e. The maximum Gasteiger partial charge on any atom is 0.325 e. The van der Waals surface area contributed by atoms with E-state index in [1.54, 1.807) is 26.0 Å². The summed E-state index contributed by atoms with van der Waals surface area (Å²) in [7, 11) is 0. The van der Waals surface area contributed by atoms with E-state index >= 15 is 0 Å². The average Bonchev–Trinajstić information content (AvgIpc) is 3.01. The molecule has 0 bridgehead atoms. The number of carbonyl (C=O) groups is 2. The lowest BCUT2D eigenvalue weighted by molar-refractivity contribution is -0.132. The van der Waals surface area contributed by atoms with Crippen LogP contribution in [0.4, 0.5) is 9.18 Å². The van der Waals surface area contributed by atoms with Gasteiger partial charge in [-0.2, -0.15) is 0 Å². The minimum Gasteiger partial charge on any atom is -0.387 e. The minimum atomic E-state index is -0.900. The van der Waals surface area contributed by atoms with Crippen LogP contribution in [0.5, 0.6) is 0 Å². The van der Waals surface area contributed by atoms with Crippen molar-refractivity contribution in [2.75, 3.05) is 19.6 Å². The molecule has 0 radical (unpaired) electrons. The first-order chi connectivity index (χ1) is 11.3. The van der Waals surface area contributed by atoms with Crippen LogP contribution in [0.3, 0.4) is 0 Å².